The first-order valence-corrected chi connectivity index (χ1v) is 6.38. The summed E-state index contributed by atoms with van der Waals surface area (Å²) >= 11 is 15.5. The Morgan fingerprint density at radius 3 is 2.12 bits per heavy atom. The van der Waals surface area contributed by atoms with Crippen molar-refractivity contribution in [1.29, 1.82) is 0 Å². The number of nitrogens with two attached hydrogens (primary N) is 1. The van der Waals surface area contributed by atoms with Crippen molar-refractivity contribution in [2.45, 2.75) is 0 Å². The summed E-state index contributed by atoms with van der Waals surface area (Å²) < 4.78 is 0.927. The van der Waals surface area contributed by atoms with Crippen LogP contribution in [0.1, 0.15) is 0 Å². The van der Waals surface area contributed by atoms with E-state index < -0.39 is 0 Å². The third kappa shape index (κ3) is 3.06. The third-order valence-corrected chi connectivity index (χ3v) is 3.31. The van der Waals surface area contributed by atoms with Crippen LogP contribution < -0.4 is 11.1 Å². The van der Waals surface area contributed by atoms with Gasteiger partial charge in [-0.15, -0.1) is 0 Å². The molecule has 88 valence electrons. The summed E-state index contributed by atoms with van der Waals surface area (Å²) in [6.07, 6.45) is 0. The zero-order valence-electron chi connectivity index (χ0n) is 8.68. The van der Waals surface area contributed by atoms with Crippen molar-refractivity contribution in [2.75, 3.05) is 11.1 Å². The molecule has 0 saturated heterocycles. The number of hydrogen-bond acceptors (Lipinski definition) is 2. The van der Waals surface area contributed by atoms with Gasteiger partial charge in [-0.25, -0.2) is 0 Å². The maximum atomic E-state index is 6.10. The molecule has 0 bridgehead atoms. The summed E-state index contributed by atoms with van der Waals surface area (Å²) in [5.41, 5.74) is 7.82. The van der Waals surface area contributed by atoms with Gasteiger partial charge in [-0.3, -0.25) is 0 Å². The predicted octanol–water partition coefficient (Wildman–Crippen LogP) is 5.08. The lowest BCUT2D eigenvalue weighted by molar-refractivity contribution is 1.53. The van der Waals surface area contributed by atoms with Crippen molar-refractivity contribution in [3.8, 4) is 0 Å². The lowest BCUT2D eigenvalue weighted by Gasteiger charge is -2.10. The number of halogens is 3. The monoisotopic (exact) mass is 330 g/mol. The highest BCUT2D eigenvalue weighted by Gasteiger charge is 2.04. The molecule has 0 aliphatic carbocycles. The molecule has 5 heteroatoms. The van der Waals surface area contributed by atoms with Gasteiger partial charge in [0, 0.05) is 10.2 Å². The quantitative estimate of drug-likeness (QED) is 0.753. The first-order valence-electron chi connectivity index (χ1n) is 4.83. The van der Waals surface area contributed by atoms with Gasteiger partial charge in [-0.2, -0.15) is 0 Å². The van der Waals surface area contributed by atoms with Gasteiger partial charge in [0.2, 0.25) is 0 Å². The SMILES string of the molecule is Nc1ccc(Nc2ccc(Br)cc2Cl)c(Cl)c1. The van der Waals surface area contributed by atoms with Crippen molar-refractivity contribution < 1.29 is 0 Å². The second-order valence-corrected chi connectivity index (χ2v) is 5.22. The van der Waals surface area contributed by atoms with Gasteiger partial charge in [-0.1, -0.05) is 39.1 Å². The molecule has 0 fully saturated rings. The van der Waals surface area contributed by atoms with E-state index in [2.05, 4.69) is 21.2 Å². The smallest absolute Gasteiger partial charge is 0.0661 e. The summed E-state index contributed by atoms with van der Waals surface area (Å²) in [6.45, 7) is 0. The van der Waals surface area contributed by atoms with Crippen LogP contribution in [0.15, 0.2) is 40.9 Å². The van der Waals surface area contributed by atoms with E-state index in [1.165, 1.54) is 0 Å². The number of rotatable bonds is 2. The number of benzene rings is 2. The molecule has 0 saturated carbocycles. The Labute approximate surface area is 118 Å². The Kier molecular flexibility index (Phi) is 3.82. The highest BCUT2D eigenvalue weighted by molar-refractivity contribution is 9.10. The molecule has 0 unspecified atom stereocenters. The normalized spacial score (nSPS) is 10.3. The standard InChI is InChI=1S/C12H9BrCl2N2/c13-7-1-3-11(9(14)5-7)17-12-4-2-8(16)6-10(12)15/h1-6,17H,16H2. The molecule has 2 aromatic rings. The van der Waals surface area contributed by atoms with E-state index in [1.54, 1.807) is 12.1 Å². The van der Waals surface area contributed by atoms with Crippen molar-refractivity contribution in [1.82, 2.24) is 0 Å². The Morgan fingerprint density at radius 2 is 1.53 bits per heavy atom. The fraction of sp³-hybridized carbons (Fsp3) is 0. The predicted molar refractivity (Wildman–Crippen MR) is 78.3 cm³/mol. The lowest BCUT2D eigenvalue weighted by atomic mass is 10.2. The van der Waals surface area contributed by atoms with Crippen LogP contribution in [-0.2, 0) is 0 Å². The van der Waals surface area contributed by atoms with Crippen LogP contribution in [-0.4, -0.2) is 0 Å². The zero-order chi connectivity index (χ0) is 12.4. The molecule has 17 heavy (non-hydrogen) atoms. The minimum Gasteiger partial charge on any atom is -0.399 e. The molecule has 0 radical (unpaired) electrons. The molecule has 0 aromatic heterocycles. The molecule has 0 aliphatic heterocycles. The summed E-state index contributed by atoms with van der Waals surface area (Å²) in [7, 11) is 0. The van der Waals surface area contributed by atoms with Gasteiger partial charge in [-0.05, 0) is 36.4 Å². The van der Waals surface area contributed by atoms with Gasteiger partial charge < -0.3 is 11.1 Å². The van der Waals surface area contributed by atoms with Crippen molar-refractivity contribution in [2.24, 2.45) is 0 Å². The van der Waals surface area contributed by atoms with Crippen LogP contribution in [0.3, 0.4) is 0 Å². The topological polar surface area (TPSA) is 38.0 Å². The summed E-state index contributed by atoms with van der Waals surface area (Å²) in [5, 5.41) is 4.33. The summed E-state index contributed by atoms with van der Waals surface area (Å²) in [4.78, 5) is 0. The highest BCUT2D eigenvalue weighted by atomic mass is 79.9. The van der Waals surface area contributed by atoms with Crippen molar-refractivity contribution in [3.05, 3.63) is 50.9 Å². The number of hydrogen-bond donors (Lipinski definition) is 2. The third-order valence-electron chi connectivity index (χ3n) is 2.19. The largest absolute Gasteiger partial charge is 0.399 e. The summed E-state index contributed by atoms with van der Waals surface area (Å²) in [6, 6.07) is 10.9. The first-order chi connectivity index (χ1) is 8.06. The van der Waals surface area contributed by atoms with Gasteiger partial charge in [0.1, 0.15) is 0 Å². The van der Waals surface area contributed by atoms with E-state index in [1.807, 2.05) is 24.3 Å². The molecule has 3 N–H and O–H groups in total. The van der Waals surface area contributed by atoms with E-state index in [0.29, 0.717) is 15.7 Å². The lowest BCUT2D eigenvalue weighted by Crippen LogP contribution is -1.93. The van der Waals surface area contributed by atoms with E-state index in [9.17, 15) is 0 Å². The Morgan fingerprint density at radius 1 is 0.941 bits per heavy atom. The van der Waals surface area contributed by atoms with Crippen LogP contribution in [0.4, 0.5) is 17.1 Å². The van der Waals surface area contributed by atoms with E-state index in [0.717, 1.165) is 15.8 Å². The van der Waals surface area contributed by atoms with E-state index >= 15 is 0 Å². The minimum absolute atomic E-state index is 0.559. The van der Waals surface area contributed by atoms with Crippen molar-refractivity contribution in [3.63, 3.8) is 0 Å². The Bertz CT molecular complexity index is 509. The molecule has 2 nitrogen and oxygen atoms in total. The van der Waals surface area contributed by atoms with Crippen LogP contribution in [0.2, 0.25) is 10.0 Å². The van der Waals surface area contributed by atoms with Crippen LogP contribution in [0, 0.1) is 0 Å². The molecule has 2 rings (SSSR count). The highest BCUT2D eigenvalue weighted by Crippen LogP contribution is 2.32. The van der Waals surface area contributed by atoms with Crippen LogP contribution in [0.5, 0.6) is 0 Å². The second kappa shape index (κ2) is 5.17. The van der Waals surface area contributed by atoms with Gasteiger partial charge in [0.15, 0.2) is 0 Å². The first kappa shape index (κ1) is 12.6. The average Bonchev–Trinajstić information content (AvgIpc) is 2.25. The summed E-state index contributed by atoms with van der Waals surface area (Å²) in [5.74, 6) is 0. The van der Waals surface area contributed by atoms with Crippen molar-refractivity contribution >= 4 is 56.2 Å². The maximum Gasteiger partial charge on any atom is 0.0661 e. The fourth-order valence-electron chi connectivity index (χ4n) is 1.37. The number of nitrogens with one attached hydrogen (secondary N) is 1. The molecular weight excluding hydrogens is 323 g/mol. The van der Waals surface area contributed by atoms with Crippen LogP contribution in [0.25, 0.3) is 0 Å². The van der Waals surface area contributed by atoms with Gasteiger partial charge in [0.25, 0.3) is 0 Å². The zero-order valence-corrected chi connectivity index (χ0v) is 11.8. The maximum absolute atomic E-state index is 6.10. The second-order valence-electron chi connectivity index (χ2n) is 3.49. The number of anilines is 3. The van der Waals surface area contributed by atoms with E-state index in [-0.39, 0.29) is 0 Å². The molecule has 0 aliphatic rings. The molecule has 0 atom stereocenters. The molecule has 0 spiro atoms. The minimum atomic E-state index is 0.559. The molecule has 0 amide bonds. The Balaban J connectivity index is 2.31. The number of nitrogen functional groups attached to an aromatic ring is 1. The van der Waals surface area contributed by atoms with Gasteiger partial charge in [0.05, 0.1) is 21.4 Å². The van der Waals surface area contributed by atoms with Crippen LogP contribution >= 0.6 is 39.1 Å². The van der Waals surface area contributed by atoms with Gasteiger partial charge >= 0.3 is 0 Å². The Hall–Kier alpha value is -0.900. The average molecular weight is 332 g/mol. The van der Waals surface area contributed by atoms with E-state index in [4.69, 9.17) is 28.9 Å². The fourth-order valence-corrected chi connectivity index (χ4v) is 2.33. The molecule has 2 aromatic carbocycles. The molecule has 0 heterocycles. The molecular formula is C12H9BrCl2N2.